The van der Waals surface area contributed by atoms with Crippen LogP contribution in [0.2, 0.25) is 0 Å². The zero-order valence-corrected chi connectivity index (χ0v) is 9.91. The summed E-state index contributed by atoms with van der Waals surface area (Å²) >= 11 is 0. The number of unbranched alkanes of at least 4 members (excludes halogenated alkanes) is 1. The summed E-state index contributed by atoms with van der Waals surface area (Å²) in [5, 5.41) is 0. The molecule has 1 aliphatic rings. The van der Waals surface area contributed by atoms with E-state index in [1.807, 2.05) is 6.07 Å². The summed E-state index contributed by atoms with van der Waals surface area (Å²) in [5.74, 6) is 0.751. The lowest BCUT2D eigenvalue weighted by Gasteiger charge is -2.21. The van der Waals surface area contributed by atoms with Gasteiger partial charge in [-0.05, 0) is 31.2 Å². The van der Waals surface area contributed by atoms with E-state index in [1.54, 1.807) is 0 Å². The molecule has 0 fully saturated rings. The zero-order chi connectivity index (χ0) is 11.4. The van der Waals surface area contributed by atoms with Crippen molar-refractivity contribution in [3.8, 4) is 5.88 Å². The first-order valence-electron chi connectivity index (χ1n) is 6.19. The van der Waals surface area contributed by atoms with Gasteiger partial charge in [-0.3, -0.25) is 0 Å². The summed E-state index contributed by atoms with van der Waals surface area (Å²) in [6.45, 7) is 2.91. The quantitative estimate of drug-likeness (QED) is 0.793. The molecule has 1 heterocycles. The molecule has 3 heteroatoms. The van der Waals surface area contributed by atoms with E-state index in [-0.39, 0.29) is 6.04 Å². The van der Waals surface area contributed by atoms with Crippen molar-refractivity contribution in [2.75, 3.05) is 6.61 Å². The highest BCUT2D eigenvalue weighted by Crippen LogP contribution is 2.28. The van der Waals surface area contributed by atoms with E-state index < -0.39 is 0 Å². The fourth-order valence-electron chi connectivity index (χ4n) is 2.08. The normalized spacial score (nSPS) is 19.2. The van der Waals surface area contributed by atoms with Crippen LogP contribution in [0.4, 0.5) is 0 Å². The van der Waals surface area contributed by atoms with Gasteiger partial charge < -0.3 is 10.5 Å². The zero-order valence-electron chi connectivity index (χ0n) is 9.91. The van der Waals surface area contributed by atoms with Crippen molar-refractivity contribution >= 4 is 0 Å². The lowest BCUT2D eigenvalue weighted by molar-refractivity contribution is 0.296. The van der Waals surface area contributed by atoms with Crippen molar-refractivity contribution in [1.29, 1.82) is 0 Å². The van der Waals surface area contributed by atoms with E-state index in [9.17, 15) is 0 Å². The molecule has 0 aromatic carbocycles. The lowest BCUT2D eigenvalue weighted by atomic mass is 9.92. The van der Waals surface area contributed by atoms with Crippen molar-refractivity contribution in [1.82, 2.24) is 4.98 Å². The number of pyridine rings is 1. The summed E-state index contributed by atoms with van der Waals surface area (Å²) in [4.78, 5) is 4.53. The van der Waals surface area contributed by atoms with Crippen LogP contribution < -0.4 is 10.5 Å². The van der Waals surface area contributed by atoms with Gasteiger partial charge in [0.1, 0.15) is 0 Å². The van der Waals surface area contributed by atoms with Gasteiger partial charge in [-0.15, -0.1) is 0 Å². The molecule has 0 amide bonds. The van der Waals surface area contributed by atoms with Crippen LogP contribution in [0.3, 0.4) is 0 Å². The van der Waals surface area contributed by atoms with Crippen LogP contribution in [0.5, 0.6) is 5.88 Å². The third-order valence-electron chi connectivity index (χ3n) is 3.06. The third kappa shape index (κ3) is 2.53. The van der Waals surface area contributed by atoms with Gasteiger partial charge in [-0.25, -0.2) is 4.98 Å². The average molecular weight is 220 g/mol. The molecule has 0 radical (unpaired) electrons. The molecule has 2 rings (SSSR count). The number of nitrogens with zero attached hydrogens (tertiary/aromatic N) is 1. The van der Waals surface area contributed by atoms with E-state index in [0.29, 0.717) is 0 Å². The van der Waals surface area contributed by atoms with Gasteiger partial charge in [0.15, 0.2) is 0 Å². The number of nitrogens with two attached hydrogens (primary N) is 1. The van der Waals surface area contributed by atoms with Gasteiger partial charge in [0.2, 0.25) is 5.88 Å². The highest BCUT2D eigenvalue weighted by Gasteiger charge is 2.18. The van der Waals surface area contributed by atoms with Crippen LogP contribution in [0.25, 0.3) is 0 Å². The van der Waals surface area contributed by atoms with Gasteiger partial charge in [0.25, 0.3) is 0 Å². The molecule has 1 aliphatic carbocycles. The summed E-state index contributed by atoms with van der Waals surface area (Å²) in [7, 11) is 0. The molecule has 0 saturated heterocycles. The van der Waals surface area contributed by atoms with E-state index in [2.05, 4.69) is 18.0 Å². The maximum absolute atomic E-state index is 6.04. The number of aromatic nitrogens is 1. The Morgan fingerprint density at radius 3 is 3.19 bits per heavy atom. The Labute approximate surface area is 97.0 Å². The number of rotatable bonds is 4. The summed E-state index contributed by atoms with van der Waals surface area (Å²) in [6.07, 6.45) is 5.48. The molecule has 1 atom stereocenters. The van der Waals surface area contributed by atoms with Crippen LogP contribution in [-0.2, 0) is 6.42 Å². The van der Waals surface area contributed by atoms with Crippen molar-refractivity contribution in [2.24, 2.45) is 5.73 Å². The van der Waals surface area contributed by atoms with E-state index in [1.165, 1.54) is 5.56 Å². The van der Waals surface area contributed by atoms with Gasteiger partial charge in [0, 0.05) is 17.8 Å². The second-order valence-electron chi connectivity index (χ2n) is 4.39. The van der Waals surface area contributed by atoms with Crippen molar-refractivity contribution in [3.63, 3.8) is 0 Å². The van der Waals surface area contributed by atoms with Gasteiger partial charge in [0.05, 0.1) is 6.61 Å². The van der Waals surface area contributed by atoms with Crippen molar-refractivity contribution in [3.05, 3.63) is 23.4 Å². The maximum atomic E-state index is 6.04. The summed E-state index contributed by atoms with van der Waals surface area (Å²) in [5.41, 5.74) is 8.37. The Balaban J connectivity index is 2.06. The molecule has 3 nitrogen and oxygen atoms in total. The number of hydrogen-bond donors (Lipinski definition) is 1. The van der Waals surface area contributed by atoms with Gasteiger partial charge >= 0.3 is 0 Å². The van der Waals surface area contributed by atoms with Crippen LogP contribution in [0.15, 0.2) is 12.1 Å². The number of ether oxygens (including phenoxy) is 1. The molecule has 88 valence electrons. The fraction of sp³-hybridized carbons (Fsp3) is 0.615. The number of fused-ring (bicyclic) bond motifs is 1. The minimum absolute atomic E-state index is 0.168. The molecular formula is C13H20N2O. The number of aryl methyl sites for hydroxylation is 1. The lowest BCUT2D eigenvalue weighted by Crippen LogP contribution is -2.18. The highest BCUT2D eigenvalue weighted by molar-refractivity contribution is 5.30. The van der Waals surface area contributed by atoms with E-state index >= 15 is 0 Å². The molecule has 0 spiro atoms. The molecule has 2 N–H and O–H groups in total. The molecule has 1 aromatic heterocycles. The minimum atomic E-state index is 0.168. The topological polar surface area (TPSA) is 48.1 Å². The molecule has 1 unspecified atom stereocenters. The molecule has 0 bridgehead atoms. The van der Waals surface area contributed by atoms with Crippen molar-refractivity contribution < 1.29 is 4.74 Å². The first kappa shape index (κ1) is 11.4. The van der Waals surface area contributed by atoms with Crippen molar-refractivity contribution in [2.45, 2.75) is 45.1 Å². The predicted octanol–water partition coefficient (Wildman–Crippen LogP) is 2.60. The predicted molar refractivity (Wildman–Crippen MR) is 64.5 cm³/mol. The summed E-state index contributed by atoms with van der Waals surface area (Å²) < 4.78 is 5.60. The monoisotopic (exact) mass is 220 g/mol. The SMILES string of the molecule is CCCCOc1ccc2c(n1)CCCC2N. The van der Waals surface area contributed by atoms with Crippen LogP contribution >= 0.6 is 0 Å². The number of hydrogen-bond acceptors (Lipinski definition) is 3. The Kier molecular flexibility index (Phi) is 3.78. The second kappa shape index (κ2) is 5.30. The van der Waals surface area contributed by atoms with Crippen LogP contribution in [0, 0.1) is 0 Å². The van der Waals surface area contributed by atoms with Gasteiger partial charge in [-0.1, -0.05) is 19.4 Å². The minimum Gasteiger partial charge on any atom is -0.478 e. The standard InChI is InChI=1S/C13H20N2O/c1-2-3-9-16-13-8-7-10-11(14)5-4-6-12(10)15-13/h7-8,11H,2-6,9,14H2,1H3. The smallest absolute Gasteiger partial charge is 0.213 e. The third-order valence-corrected chi connectivity index (χ3v) is 3.06. The second-order valence-corrected chi connectivity index (χ2v) is 4.39. The average Bonchev–Trinajstić information content (AvgIpc) is 2.30. The molecular weight excluding hydrogens is 200 g/mol. The molecule has 1 aromatic rings. The van der Waals surface area contributed by atoms with E-state index in [4.69, 9.17) is 10.5 Å². The molecule has 0 saturated carbocycles. The van der Waals surface area contributed by atoms with Crippen LogP contribution in [-0.4, -0.2) is 11.6 Å². The maximum Gasteiger partial charge on any atom is 0.213 e. The highest BCUT2D eigenvalue weighted by atomic mass is 16.5. The first-order valence-corrected chi connectivity index (χ1v) is 6.19. The molecule has 16 heavy (non-hydrogen) atoms. The largest absolute Gasteiger partial charge is 0.478 e. The Bertz CT molecular complexity index is 352. The summed E-state index contributed by atoms with van der Waals surface area (Å²) in [6, 6.07) is 4.19. The fourth-order valence-corrected chi connectivity index (χ4v) is 2.08. The molecule has 0 aliphatic heterocycles. The van der Waals surface area contributed by atoms with E-state index in [0.717, 1.165) is 50.3 Å². The van der Waals surface area contributed by atoms with Gasteiger partial charge in [-0.2, -0.15) is 0 Å². The first-order chi connectivity index (χ1) is 7.81. The Hall–Kier alpha value is -1.09. The Morgan fingerprint density at radius 2 is 2.38 bits per heavy atom. The van der Waals surface area contributed by atoms with Crippen LogP contribution in [0.1, 0.15) is 49.9 Å². The Morgan fingerprint density at radius 1 is 1.50 bits per heavy atom.